The van der Waals surface area contributed by atoms with E-state index in [1.54, 1.807) is 13.2 Å². The minimum Gasteiger partial charge on any atom is -0.469 e. The Labute approximate surface area is 155 Å². The van der Waals surface area contributed by atoms with Crippen LogP contribution in [0.25, 0.3) is 0 Å². The van der Waals surface area contributed by atoms with Crippen LogP contribution < -0.4 is 10.6 Å². The molecule has 0 spiro atoms. The van der Waals surface area contributed by atoms with Crippen molar-refractivity contribution in [3.63, 3.8) is 0 Å². The van der Waals surface area contributed by atoms with Gasteiger partial charge in [0.1, 0.15) is 0 Å². The maximum atomic E-state index is 11.0. The lowest BCUT2D eigenvalue weighted by atomic mass is 10.1. The summed E-state index contributed by atoms with van der Waals surface area (Å²) < 4.78 is 4.61. The van der Waals surface area contributed by atoms with Gasteiger partial charge < -0.3 is 15.4 Å². The van der Waals surface area contributed by atoms with Gasteiger partial charge in [0.05, 0.1) is 19.3 Å². The van der Waals surface area contributed by atoms with Crippen molar-refractivity contribution in [1.82, 2.24) is 15.6 Å². The van der Waals surface area contributed by atoms with Crippen molar-refractivity contribution in [3.8, 4) is 0 Å². The third kappa shape index (κ3) is 10.9. The molecule has 23 heavy (non-hydrogen) atoms. The molecule has 0 aromatic carbocycles. The summed E-state index contributed by atoms with van der Waals surface area (Å²) in [6.45, 7) is 1.51. The number of halogens is 1. The Hall–Kier alpha value is -1.38. The van der Waals surface area contributed by atoms with E-state index in [0.717, 1.165) is 43.9 Å². The van der Waals surface area contributed by atoms with Crippen LogP contribution in [-0.4, -0.2) is 37.6 Å². The molecule has 1 rings (SSSR count). The largest absolute Gasteiger partial charge is 0.469 e. The number of nitrogens with one attached hydrogen (secondary N) is 2. The van der Waals surface area contributed by atoms with E-state index in [-0.39, 0.29) is 29.9 Å². The van der Waals surface area contributed by atoms with Gasteiger partial charge in [-0.15, -0.1) is 24.0 Å². The molecule has 2 N–H and O–H groups in total. The van der Waals surface area contributed by atoms with Gasteiger partial charge in [0.15, 0.2) is 5.96 Å². The van der Waals surface area contributed by atoms with Crippen LogP contribution >= 0.6 is 24.0 Å². The average Bonchev–Trinajstić information content (AvgIpc) is 2.57. The summed E-state index contributed by atoms with van der Waals surface area (Å²) in [6.07, 6.45) is 6.35. The number of methoxy groups -OCH3 is 1. The zero-order valence-electron chi connectivity index (χ0n) is 13.9. The first-order valence-corrected chi connectivity index (χ1v) is 7.67. The summed E-state index contributed by atoms with van der Waals surface area (Å²) in [4.78, 5) is 19.4. The van der Waals surface area contributed by atoms with Crippen LogP contribution in [0.2, 0.25) is 0 Å². The summed E-state index contributed by atoms with van der Waals surface area (Å²) in [5, 5.41) is 6.50. The normalized spacial score (nSPS) is 10.6. The van der Waals surface area contributed by atoms with Crippen LogP contribution in [0.3, 0.4) is 0 Å². The molecule has 0 radical (unpaired) electrons. The Morgan fingerprint density at radius 2 is 2.00 bits per heavy atom. The van der Waals surface area contributed by atoms with Gasteiger partial charge in [-0.3, -0.25) is 14.8 Å². The predicted octanol–water partition coefficient (Wildman–Crippen LogP) is 2.49. The quantitative estimate of drug-likeness (QED) is 0.205. The topological polar surface area (TPSA) is 75.6 Å². The third-order valence-corrected chi connectivity index (χ3v) is 3.21. The van der Waals surface area contributed by atoms with Crippen molar-refractivity contribution in [2.45, 2.75) is 38.6 Å². The standard InChI is InChI=1S/C16H26N4O2.HI/c1-17-16(20-13-14-9-6-8-11-18-14)19-12-7-4-3-5-10-15(21)22-2;/h6,8-9,11H,3-5,7,10,12-13H2,1-2H3,(H2,17,19,20);1H. The van der Waals surface area contributed by atoms with E-state index in [1.807, 2.05) is 18.2 Å². The maximum absolute atomic E-state index is 11.0. The van der Waals surface area contributed by atoms with Crippen LogP contribution in [0.1, 0.15) is 37.8 Å². The minimum atomic E-state index is -0.128. The zero-order chi connectivity index (χ0) is 16.0. The monoisotopic (exact) mass is 434 g/mol. The van der Waals surface area contributed by atoms with Crippen molar-refractivity contribution >= 4 is 35.9 Å². The molecule has 6 nitrogen and oxygen atoms in total. The first-order valence-electron chi connectivity index (χ1n) is 7.67. The van der Waals surface area contributed by atoms with E-state index >= 15 is 0 Å². The second-order valence-corrected chi connectivity index (χ2v) is 4.91. The van der Waals surface area contributed by atoms with Gasteiger partial charge in [-0.25, -0.2) is 0 Å². The second-order valence-electron chi connectivity index (χ2n) is 4.91. The van der Waals surface area contributed by atoms with Crippen LogP contribution in [0.4, 0.5) is 0 Å². The van der Waals surface area contributed by atoms with Crippen molar-refractivity contribution in [1.29, 1.82) is 0 Å². The number of ether oxygens (including phenoxy) is 1. The van der Waals surface area contributed by atoms with E-state index in [2.05, 4.69) is 25.3 Å². The average molecular weight is 434 g/mol. The van der Waals surface area contributed by atoms with Crippen LogP contribution in [0.15, 0.2) is 29.4 Å². The van der Waals surface area contributed by atoms with Gasteiger partial charge in [-0.1, -0.05) is 18.9 Å². The highest BCUT2D eigenvalue weighted by Gasteiger charge is 2.00. The molecule has 0 bridgehead atoms. The lowest BCUT2D eigenvalue weighted by Crippen LogP contribution is -2.37. The van der Waals surface area contributed by atoms with Crippen molar-refractivity contribution in [2.24, 2.45) is 4.99 Å². The van der Waals surface area contributed by atoms with Gasteiger partial charge in [0, 0.05) is 26.2 Å². The van der Waals surface area contributed by atoms with Crippen molar-refractivity contribution < 1.29 is 9.53 Å². The predicted molar refractivity (Wildman–Crippen MR) is 103 cm³/mol. The molecule has 0 aliphatic carbocycles. The van der Waals surface area contributed by atoms with E-state index in [1.165, 1.54) is 7.11 Å². The number of hydrogen-bond acceptors (Lipinski definition) is 4. The summed E-state index contributed by atoms with van der Waals surface area (Å²) in [5.41, 5.74) is 0.980. The Morgan fingerprint density at radius 3 is 2.65 bits per heavy atom. The highest BCUT2D eigenvalue weighted by Crippen LogP contribution is 2.03. The van der Waals surface area contributed by atoms with Gasteiger partial charge in [-0.2, -0.15) is 0 Å². The smallest absolute Gasteiger partial charge is 0.305 e. The number of pyridine rings is 1. The number of nitrogens with zero attached hydrogens (tertiary/aromatic N) is 2. The molecule has 130 valence electrons. The molecule has 0 aliphatic rings. The number of rotatable bonds is 9. The molecule has 0 aliphatic heterocycles. The summed E-state index contributed by atoms with van der Waals surface area (Å²) in [6, 6.07) is 5.84. The van der Waals surface area contributed by atoms with Gasteiger partial charge >= 0.3 is 5.97 Å². The Kier molecular flexibility index (Phi) is 13.4. The molecule has 0 saturated heterocycles. The third-order valence-electron chi connectivity index (χ3n) is 3.21. The first kappa shape index (κ1) is 21.6. The Morgan fingerprint density at radius 1 is 1.22 bits per heavy atom. The molecule has 7 heteroatoms. The fourth-order valence-corrected chi connectivity index (χ4v) is 1.95. The van der Waals surface area contributed by atoms with E-state index in [9.17, 15) is 4.79 Å². The number of hydrogen-bond donors (Lipinski definition) is 2. The van der Waals surface area contributed by atoms with Gasteiger partial charge in [0.2, 0.25) is 0 Å². The van der Waals surface area contributed by atoms with Gasteiger partial charge in [0.25, 0.3) is 0 Å². The molecular weight excluding hydrogens is 407 g/mol. The van der Waals surface area contributed by atoms with Crippen LogP contribution in [-0.2, 0) is 16.1 Å². The number of esters is 1. The number of aliphatic imine (C=N–C) groups is 1. The fourth-order valence-electron chi connectivity index (χ4n) is 1.95. The fraction of sp³-hybridized carbons (Fsp3) is 0.562. The highest BCUT2D eigenvalue weighted by atomic mass is 127. The molecule has 0 saturated carbocycles. The number of carbonyl (C=O) groups excluding carboxylic acids is 1. The highest BCUT2D eigenvalue weighted by molar-refractivity contribution is 14.0. The molecule has 0 atom stereocenters. The van der Waals surface area contributed by atoms with Crippen LogP contribution in [0.5, 0.6) is 0 Å². The van der Waals surface area contributed by atoms with Crippen molar-refractivity contribution in [2.75, 3.05) is 20.7 Å². The number of carbonyl (C=O) groups is 1. The minimum absolute atomic E-state index is 0. The SMILES string of the molecule is CN=C(NCCCCCCC(=O)OC)NCc1ccccn1.I. The first-order chi connectivity index (χ1) is 10.8. The molecule has 0 amide bonds. The summed E-state index contributed by atoms with van der Waals surface area (Å²) in [7, 11) is 3.18. The van der Waals surface area contributed by atoms with Crippen molar-refractivity contribution in [3.05, 3.63) is 30.1 Å². The number of guanidine groups is 1. The molecule has 1 heterocycles. The van der Waals surface area contributed by atoms with E-state index in [0.29, 0.717) is 13.0 Å². The van der Waals surface area contributed by atoms with E-state index in [4.69, 9.17) is 0 Å². The van der Waals surface area contributed by atoms with E-state index < -0.39 is 0 Å². The van der Waals surface area contributed by atoms with Crippen LogP contribution in [0, 0.1) is 0 Å². The lowest BCUT2D eigenvalue weighted by molar-refractivity contribution is -0.140. The molecule has 0 fully saturated rings. The number of unbranched alkanes of at least 4 members (excludes halogenated alkanes) is 3. The second kappa shape index (κ2) is 14.2. The summed E-state index contributed by atoms with van der Waals surface area (Å²) >= 11 is 0. The van der Waals surface area contributed by atoms with Gasteiger partial charge in [-0.05, 0) is 25.0 Å². The zero-order valence-corrected chi connectivity index (χ0v) is 16.2. The Bertz CT molecular complexity index is 455. The molecular formula is C16H27IN4O2. The number of aromatic nitrogens is 1. The molecule has 1 aromatic rings. The Balaban J connectivity index is 0.00000484. The summed E-state index contributed by atoms with van der Waals surface area (Å²) in [5.74, 6) is 0.650. The molecule has 1 aromatic heterocycles. The maximum Gasteiger partial charge on any atom is 0.305 e. The molecule has 0 unspecified atom stereocenters. The lowest BCUT2D eigenvalue weighted by Gasteiger charge is -2.11.